The van der Waals surface area contributed by atoms with Crippen LogP contribution in [0.1, 0.15) is 43.8 Å². The van der Waals surface area contributed by atoms with Crippen molar-refractivity contribution < 1.29 is 18.4 Å². The number of benzene rings is 3. The summed E-state index contributed by atoms with van der Waals surface area (Å²) in [6, 6.07) is 20.3. The number of carbonyl (C=O) groups is 1. The van der Waals surface area contributed by atoms with Gasteiger partial charge < -0.3 is 14.6 Å². The van der Waals surface area contributed by atoms with E-state index in [0.717, 1.165) is 29.0 Å². The van der Waals surface area contributed by atoms with Crippen molar-refractivity contribution in [1.82, 2.24) is 15.5 Å². The summed E-state index contributed by atoms with van der Waals surface area (Å²) in [5, 5.41) is 7.21. The summed E-state index contributed by atoms with van der Waals surface area (Å²) < 4.78 is 25.4. The van der Waals surface area contributed by atoms with Crippen molar-refractivity contribution >= 4 is 17.3 Å². The molecule has 0 aliphatic carbocycles. The van der Waals surface area contributed by atoms with E-state index in [1.54, 1.807) is 17.0 Å². The van der Waals surface area contributed by atoms with Gasteiger partial charge in [-0.05, 0) is 79.9 Å². The molecule has 0 radical (unpaired) electrons. The van der Waals surface area contributed by atoms with Crippen molar-refractivity contribution in [2.75, 3.05) is 11.5 Å². The zero-order valence-electron chi connectivity index (χ0n) is 20.9. The monoisotopic (exact) mass is 498 g/mol. The fourth-order valence-corrected chi connectivity index (χ4v) is 4.50. The normalized spacial score (nSPS) is 15.6. The quantitative estimate of drug-likeness (QED) is 0.313. The standard InChI is InChI=1S/C29H27FN4O3/c1-4-19-8-6-11-23(16-19)34-18(3)25(26(31-29(34)35)21-9-7-10-22(30)17-21)28-32-27(33-37-28)20-12-14-24(15-13-20)36-5-2/h6-17,26H,4-5H2,1-3H3,(H,31,35). The van der Waals surface area contributed by atoms with Crippen molar-refractivity contribution in [1.29, 1.82) is 0 Å². The van der Waals surface area contributed by atoms with Crippen LogP contribution in [0.25, 0.3) is 17.0 Å². The number of nitrogens with one attached hydrogen (secondary N) is 1. The van der Waals surface area contributed by atoms with E-state index in [4.69, 9.17) is 9.26 Å². The third-order valence-corrected chi connectivity index (χ3v) is 6.32. The lowest BCUT2D eigenvalue weighted by Crippen LogP contribution is -2.46. The van der Waals surface area contributed by atoms with E-state index in [9.17, 15) is 9.18 Å². The lowest BCUT2D eigenvalue weighted by atomic mass is 9.94. The van der Waals surface area contributed by atoms with Gasteiger partial charge in [0.25, 0.3) is 5.89 Å². The second kappa shape index (κ2) is 10.3. The smallest absolute Gasteiger partial charge is 0.326 e. The number of rotatable bonds is 7. The third kappa shape index (κ3) is 4.82. The number of anilines is 1. The predicted molar refractivity (Wildman–Crippen MR) is 139 cm³/mol. The highest BCUT2D eigenvalue weighted by Crippen LogP contribution is 2.39. The molecule has 3 aromatic carbocycles. The van der Waals surface area contributed by atoms with Crippen LogP contribution in [0.2, 0.25) is 0 Å². The van der Waals surface area contributed by atoms with E-state index in [1.165, 1.54) is 12.1 Å². The van der Waals surface area contributed by atoms with E-state index >= 15 is 0 Å². The van der Waals surface area contributed by atoms with E-state index in [1.807, 2.05) is 62.4 Å². The van der Waals surface area contributed by atoms with Crippen LogP contribution < -0.4 is 15.0 Å². The summed E-state index contributed by atoms with van der Waals surface area (Å²) in [4.78, 5) is 19.6. The average molecular weight is 499 g/mol. The van der Waals surface area contributed by atoms with Crippen molar-refractivity contribution in [2.45, 2.75) is 33.2 Å². The number of aromatic nitrogens is 2. The Morgan fingerprint density at radius 3 is 2.57 bits per heavy atom. The molecule has 188 valence electrons. The second-order valence-electron chi connectivity index (χ2n) is 8.68. The molecule has 1 unspecified atom stereocenters. The van der Waals surface area contributed by atoms with Crippen LogP contribution >= 0.6 is 0 Å². The van der Waals surface area contributed by atoms with Crippen LogP contribution in [-0.4, -0.2) is 22.8 Å². The van der Waals surface area contributed by atoms with Crippen LogP contribution in [0.4, 0.5) is 14.9 Å². The molecular weight excluding hydrogens is 471 g/mol. The van der Waals surface area contributed by atoms with Gasteiger partial charge in [0.15, 0.2) is 0 Å². The highest BCUT2D eigenvalue weighted by molar-refractivity contribution is 6.01. The summed E-state index contributed by atoms with van der Waals surface area (Å²) >= 11 is 0. The molecule has 2 amide bonds. The second-order valence-corrected chi connectivity index (χ2v) is 8.68. The van der Waals surface area contributed by atoms with E-state index in [-0.39, 0.29) is 11.9 Å². The van der Waals surface area contributed by atoms with Gasteiger partial charge >= 0.3 is 6.03 Å². The maximum Gasteiger partial charge on any atom is 0.326 e. The molecule has 1 aromatic heterocycles. The van der Waals surface area contributed by atoms with Gasteiger partial charge in [-0.2, -0.15) is 4.98 Å². The Bertz CT molecular complexity index is 1460. The Balaban J connectivity index is 1.61. The van der Waals surface area contributed by atoms with Gasteiger partial charge in [0.05, 0.1) is 23.9 Å². The van der Waals surface area contributed by atoms with Crippen LogP contribution in [0.3, 0.4) is 0 Å². The van der Waals surface area contributed by atoms with Crippen LogP contribution in [-0.2, 0) is 6.42 Å². The molecule has 0 fully saturated rings. The molecule has 0 saturated heterocycles. The van der Waals surface area contributed by atoms with Crippen LogP contribution in [0, 0.1) is 5.82 Å². The number of hydrogen-bond donors (Lipinski definition) is 1. The number of aryl methyl sites for hydroxylation is 1. The van der Waals surface area contributed by atoms with Gasteiger partial charge in [0.1, 0.15) is 11.6 Å². The molecule has 0 saturated carbocycles. The van der Waals surface area contributed by atoms with Crippen LogP contribution in [0.15, 0.2) is 83.0 Å². The summed E-state index contributed by atoms with van der Waals surface area (Å²) in [6.07, 6.45) is 0.833. The van der Waals surface area contributed by atoms with Gasteiger partial charge in [-0.25, -0.2) is 9.18 Å². The van der Waals surface area contributed by atoms with Crippen molar-refractivity contribution in [2.24, 2.45) is 0 Å². The molecule has 0 spiro atoms. The number of urea groups is 1. The zero-order chi connectivity index (χ0) is 25.9. The zero-order valence-corrected chi connectivity index (χ0v) is 20.9. The minimum atomic E-state index is -0.678. The molecule has 37 heavy (non-hydrogen) atoms. The minimum Gasteiger partial charge on any atom is -0.494 e. The SMILES string of the molecule is CCOc1ccc(-c2noc(C3=C(C)N(c4cccc(CC)c4)C(=O)NC3c3cccc(F)c3)n2)cc1. The minimum absolute atomic E-state index is 0.243. The summed E-state index contributed by atoms with van der Waals surface area (Å²) in [6.45, 7) is 6.39. The Morgan fingerprint density at radius 1 is 1.05 bits per heavy atom. The molecule has 2 heterocycles. The number of nitrogens with zero attached hydrogens (tertiary/aromatic N) is 3. The molecule has 8 heteroatoms. The van der Waals surface area contributed by atoms with Crippen molar-refractivity contribution in [3.63, 3.8) is 0 Å². The topological polar surface area (TPSA) is 80.5 Å². The van der Waals surface area contributed by atoms with Crippen molar-refractivity contribution in [3.05, 3.63) is 101 Å². The first-order valence-corrected chi connectivity index (χ1v) is 12.2. The molecule has 1 atom stereocenters. The van der Waals surface area contributed by atoms with Gasteiger partial charge in [0.2, 0.25) is 5.82 Å². The lowest BCUT2D eigenvalue weighted by Gasteiger charge is -2.35. The summed E-state index contributed by atoms with van der Waals surface area (Å²) in [5.74, 6) is 0.988. The van der Waals surface area contributed by atoms with Gasteiger partial charge in [-0.15, -0.1) is 0 Å². The number of allylic oxidation sites excluding steroid dienone is 1. The Hall–Kier alpha value is -4.46. The Kier molecular flexibility index (Phi) is 6.72. The number of hydrogen-bond acceptors (Lipinski definition) is 5. The largest absolute Gasteiger partial charge is 0.494 e. The first kappa shape index (κ1) is 24.2. The summed E-state index contributed by atoms with van der Waals surface area (Å²) in [7, 11) is 0. The average Bonchev–Trinajstić information content (AvgIpc) is 3.39. The molecule has 1 N–H and O–H groups in total. The molecule has 7 nitrogen and oxygen atoms in total. The van der Waals surface area contributed by atoms with E-state index < -0.39 is 11.9 Å². The fraction of sp³-hybridized carbons (Fsp3) is 0.207. The van der Waals surface area contributed by atoms with Crippen LogP contribution in [0.5, 0.6) is 5.75 Å². The van der Waals surface area contributed by atoms with Gasteiger partial charge in [0, 0.05) is 11.3 Å². The predicted octanol–water partition coefficient (Wildman–Crippen LogP) is 6.54. The molecular formula is C29H27FN4O3. The number of halogens is 1. The van der Waals surface area contributed by atoms with E-state index in [2.05, 4.69) is 22.4 Å². The lowest BCUT2D eigenvalue weighted by molar-refractivity contribution is 0.244. The van der Waals surface area contributed by atoms with E-state index in [0.29, 0.717) is 29.3 Å². The summed E-state index contributed by atoms with van der Waals surface area (Å²) in [5.41, 5.74) is 4.36. The number of ether oxygens (including phenoxy) is 1. The first-order valence-electron chi connectivity index (χ1n) is 12.2. The maximum atomic E-state index is 14.2. The van der Waals surface area contributed by atoms with Gasteiger partial charge in [-0.1, -0.05) is 36.3 Å². The Morgan fingerprint density at radius 2 is 1.84 bits per heavy atom. The maximum absolute atomic E-state index is 14.2. The highest BCUT2D eigenvalue weighted by atomic mass is 19.1. The van der Waals surface area contributed by atoms with Gasteiger partial charge in [-0.3, -0.25) is 4.90 Å². The molecule has 4 aromatic rings. The third-order valence-electron chi connectivity index (χ3n) is 6.32. The molecule has 0 bridgehead atoms. The first-order chi connectivity index (χ1) is 18.0. The molecule has 1 aliphatic heterocycles. The Labute approximate surface area is 214 Å². The number of carbonyl (C=O) groups excluding carboxylic acids is 1. The highest BCUT2D eigenvalue weighted by Gasteiger charge is 2.36. The van der Waals surface area contributed by atoms with Crippen molar-refractivity contribution in [3.8, 4) is 17.1 Å². The fourth-order valence-electron chi connectivity index (χ4n) is 4.50. The molecule has 1 aliphatic rings. The molecule has 5 rings (SSSR count). The number of amides is 2.